The normalized spacial score (nSPS) is 17.6. The summed E-state index contributed by atoms with van der Waals surface area (Å²) in [6.45, 7) is 0. The molecule has 5 heteroatoms. The molecule has 2 aromatic carbocycles. The Morgan fingerprint density at radius 1 is 1.15 bits per heavy atom. The molecule has 1 N–H and O–H groups in total. The van der Waals surface area contributed by atoms with Crippen LogP contribution in [0, 0.1) is 11.6 Å². The first-order valence-corrected chi connectivity index (χ1v) is 8.16. The molecule has 104 valence electrons. The van der Waals surface area contributed by atoms with Gasteiger partial charge in [-0.15, -0.1) is 0 Å². The SMILES string of the molecule is Fc1cc(NC2CSCc3ccccc32)c(F)cc1Br. The number of hydrogen-bond acceptors (Lipinski definition) is 2. The van der Waals surface area contributed by atoms with Gasteiger partial charge in [0.15, 0.2) is 0 Å². The van der Waals surface area contributed by atoms with E-state index in [2.05, 4.69) is 27.3 Å². The maximum atomic E-state index is 13.9. The van der Waals surface area contributed by atoms with E-state index in [0.717, 1.165) is 23.1 Å². The number of fused-ring (bicyclic) bond motifs is 1. The van der Waals surface area contributed by atoms with Gasteiger partial charge in [0, 0.05) is 17.6 Å². The van der Waals surface area contributed by atoms with E-state index in [1.54, 1.807) is 11.8 Å². The summed E-state index contributed by atoms with van der Waals surface area (Å²) < 4.78 is 27.6. The molecule has 1 nitrogen and oxygen atoms in total. The molecule has 1 aliphatic heterocycles. The van der Waals surface area contributed by atoms with Crippen molar-refractivity contribution in [1.29, 1.82) is 0 Å². The summed E-state index contributed by atoms with van der Waals surface area (Å²) >= 11 is 4.77. The predicted octanol–water partition coefficient (Wildman–Crippen LogP) is 5.13. The minimum atomic E-state index is -0.467. The highest BCUT2D eigenvalue weighted by Crippen LogP contribution is 2.35. The fourth-order valence-electron chi connectivity index (χ4n) is 2.32. The van der Waals surface area contributed by atoms with Gasteiger partial charge in [-0.3, -0.25) is 0 Å². The second-order valence-corrected chi connectivity index (χ2v) is 6.54. The van der Waals surface area contributed by atoms with Crippen LogP contribution in [0.4, 0.5) is 14.5 Å². The third-order valence-electron chi connectivity index (χ3n) is 3.31. The van der Waals surface area contributed by atoms with Crippen molar-refractivity contribution in [2.24, 2.45) is 0 Å². The lowest BCUT2D eigenvalue weighted by Gasteiger charge is -2.27. The summed E-state index contributed by atoms with van der Waals surface area (Å²) in [5.41, 5.74) is 2.61. The van der Waals surface area contributed by atoms with Crippen LogP contribution in [0.25, 0.3) is 0 Å². The van der Waals surface area contributed by atoms with E-state index >= 15 is 0 Å². The summed E-state index contributed by atoms with van der Waals surface area (Å²) in [6, 6.07) is 10.4. The van der Waals surface area contributed by atoms with Crippen LogP contribution >= 0.6 is 27.7 Å². The third kappa shape index (κ3) is 2.69. The zero-order valence-corrected chi connectivity index (χ0v) is 12.9. The maximum absolute atomic E-state index is 13.9. The molecule has 1 heterocycles. The number of rotatable bonds is 2. The van der Waals surface area contributed by atoms with E-state index in [-0.39, 0.29) is 16.2 Å². The van der Waals surface area contributed by atoms with Crippen LogP contribution in [-0.2, 0) is 5.75 Å². The molecule has 0 radical (unpaired) electrons. The number of anilines is 1. The van der Waals surface area contributed by atoms with Crippen molar-refractivity contribution in [1.82, 2.24) is 0 Å². The highest BCUT2D eigenvalue weighted by atomic mass is 79.9. The fourth-order valence-corrected chi connectivity index (χ4v) is 3.74. The smallest absolute Gasteiger partial charge is 0.147 e. The molecule has 1 aliphatic rings. The largest absolute Gasteiger partial charge is 0.375 e. The topological polar surface area (TPSA) is 12.0 Å². The second-order valence-electron chi connectivity index (χ2n) is 4.66. The van der Waals surface area contributed by atoms with E-state index in [1.165, 1.54) is 11.6 Å². The molecule has 0 aromatic heterocycles. The highest BCUT2D eigenvalue weighted by Gasteiger charge is 2.21. The summed E-state index contributed by atoms with van der Waals surface area (Å²) in [6.07, 6.45) is 0. The van der Waals surface area contributed by atoms with Crippen LogP contribution < -0.4 is 5.32 Å². The van der Waals surface area contributed by atoms with Gasteiger partial charge < -0.3 is 5.32 Å². The number of halogens is 3. The molecule has 2 aromatic rings. The minimum absolute atomic E-state index is 0.0000236. The first kappa shape index (κ1) is 13.9. The molecule has 0 saturated heterocycles. The number of nitrogens with one attached hydrogen (secondary N) is 1. The molecule has 0 amide bonds. The van der Waals surface area contributed by atoms with Gasteiger partial charge in [0.1, 0.15) is 11.6 Å². The summed E-state index contributed by atoms with van der Waals surface area (Å²) in [4.78, 5) is 0. The minimum Gasteiger partial charge on any atom is -0.375 e. The molecular weight excluding hydrogens is 344 g/mol. The molecule has 1 atom stereocenters. The van der Waals surface area contributed by atoms with Gasteiger partial charge in [-0.25, -0.2) is 8.78 Å². The third-order valence-corrected chi connectivity index (χ3v) is 5.00. The number of thioether (sulfide) groups is 1. The molecule has 20 heavy (non-hydrogen) atoms. The first-order valence-electron chi connectivity index (χ1n) is 6.22. The van der Waals surface area contributed by atoms with Crippen LogP contribution in [0.2, 0.25) is 0 Å². The molecule has 0 aliphatic carbocycles. The zero-order valence-electron chi connectivity index (χ0n) is 10.5. The Morgan fingerprint density at radius 3 is 2.80 bits per heavy atom. The van der Waals surface area contributed by atoms with E-state index < -0.39 is 11.6 Å². The van der Waals surface area contributed by atoms with Gasteiger partial charge in [-0.2, -0.15) is 11.8 Å². The van der Waals surface area contributed by atoms with Crippen molar-refractivity contribution in [3.8, 4) is 0 Å². The van der Waals surface area contributed by atoms with Gasteiger partial charge in [0.05, 0.1) is 16.2 Å². The number of hydrogen-bond donors (Lipinski definition) is 1. The van der Waals surface area contributed by atoms with Crippen LogP contribution in [0.3, 0.4) is 0 Å². The monoisotopic (exact) mass is 355 g/mol. The Labute approximate surface area is 128 Å². The Morgan fingerprint density at radius 2 is 1.95 bits per heavy atom. The van der Waals surface area contributed by atoms with E-state index in [9.17, 15) is 8.78 Å². The van der Waals surface area contributed by atoms with Gasteiger partial charge in [-0.05, 0) is 33.1 Å². The second kappa shape index (κ2) is 5.74. The van der Waals surface area contributed by atoms with Crippen molar-refractivity contribution in [3.05, 3.63) is 63.6 Å². The lowest BCUT2D eigenvalue weighted by molar-refractivity contribution is 0.595. The highest BCUT2D eigenvalue weighted by molar-refractivity contribution is 9.10. The van der Waals surface area contributed by atoms with E-state index in [4.69, 9.17) is 0 Å². The molecule has 1 unspecified atom stereocenters. The quantitative estimate of drug-likeness (QED) is 0.749. The van der Waals surface area contributed by atoms with Gasteiger partial charge in [0.2, 0.25) is 0 Å². The zero-order chi connectivity index (χ0) is 14.1. The van der Waals surface area contributed by atoms with Gasteiger partial charge in [-0.1, -0.05) is 24.3 Å². The van der Waals surface area contributed by atoms with Crippen molar-refractivity contribution in [3.63, 3.8) is 0 Å². The molecule has 0 saturated carbocycles. The Hall–Kier alpha value is -1.07. The predicted molar refractivity (Wildman–Crippen MR) is 83.0 cm³/mol. The van der Waals surface area contributed by atoms with Crippen LogP contribution in [0.1, 0.15) is 17.2 Å². The first-order chi connectivity index (χ1) is 9.65. The van der Waals surface area contributed by atoms with Crippen molar-refractivity contribution in [2.75, 3.05) is 11.1 Å². The average Bonchev–Trinajstić information content (AvgIpc) is 2.45. The molecule has 0 fully saturated rings. The maximum Gasteiger partial charge on any atom is 0.147 e. The number of benzene rings is 2. The lowest BCUT2D eigenvalue weighted by atomic mass is 10.0. The summed E-state index contributed by atoms with van der Waals surface area (Å²) in [5.74, 6) is 0.886. The van der Waals surface area contributed by atoms with E-state index in [0.29, 0.717) is 0 Å². The van der Waals surface area contributed by atoms with Crippen molar-refractivity contribution >= 4 is 33.4 Å². The Kier molecular flexibility index (Phi) is 3.98. The van der Waals surface area contributed by atoms with Crippen LogP contribution in [-0.4, -0.2) is 5.75 Å². The Balaban J connectivity index is 1.91. The molecule has 0 bridgehead atoms. The van der Waals surface area contributed by atoms with Gasteiger partial charge >= 0.3 is 0 Å². The fraction of sp³-hybridized carbons (Fsp3) is 0.200. The standard InChI is InChI=1S/C15H12BrF2NS/c16-11-5-13(18)14(6-12(11)17)19-15-8-20-7-9-3-1-2-4-10(9)15/h1-6,15,19H,7-8H2. The average molecular weight is 356 g/mol. The Bertz CT molecular complexity index is 648. The lowest BCUT2D eigenvalue weighted by Crippen LogP contribution is -2.19. The van der Waals surface area contributed by atoms with Crippen molar-refractivity contribution < 1.29 is 8.78 Å². The van der Waals surface area contributed by atoms with Gasteiger partial charge in [0.25, 0.3) is 0 Å². The van der Waals surface area contributed by atoms with Crippen LogP contribution in [0.15, 0.2) is 40.9 Å². The van der Waals surface area contributed by atoms with Crippen LogP contribution in [0.5, 0.6) is 0 Å². The van der Waals surface area contributed by atoms with E-state index in [1.807, 2.05) is 18.2 Å². The molecule has 3 rings (SSSR count). The summed E-state index contributed by atoms with van der Waals surface area (Å²) in [5, 5.41) is 3.12. The summed E-state index contributed by atoms with van der Waals surface area (Å²) in [7, 11) is 0. The molecule has 0 spiro atoms. The van der Waals surface area contributed by atoms with Crippen molar-refractivity contribution in [2.45, 2.75) is 11.8 Å². The molecular formula is C15H12BrF2NS.